The zero-order chi connectivity index (χ0) is 14.2. The molecule has 6 nitrogen and oxygen atoms in total. The van der Waals surface area contributed by atoms with Gasteiger partial charge in [-0.25, -0.2) is 0 Å². The molecule has 0 aliphatic carbocycles. The van der Waals surface area contributed by atoms with Crippen LogP contribution in [0.1, 0.15) is 0 Å². The largest absolute Gasteiger partial charge is 1.00 e. The fourth-order valence-electron chi connectivity index (χ4n) is 1.69. The Morgan fingerprint density at radius 3 is 1.64 bits per heavy atom. The van der Waals surface area contributed by atoms with Gasteiger partial charge in [0.05, 0.1) is 0 Å². The maximum Gasteiger partial charge on any atom is -1.00 e. The van der Waals surface area contributed by atoms with Crippen LogP contribution in [-0.4, -0.2) is 9.97 Å². The van der Waals surface area contributed by atoms with E-state index in [-0.39, 0.29) is 40.6 Å². The van der Waals surface area contributed by atoms with Crippen molar-refractivity contribution in [1.29, 1.82) is 0 Å². The van der Waals surface area contributed by atoms with Crippen LogP contribution in [0.15, 0.2) is 37.2 Å². The molecule has 0 unspecified atom stereocenters. The Morgan fingerprint density at radius 1 is 0.864 bits per heavy atom. The average Bonchev–Trinajstić information content (AvgIpc) is 2.51. The Labute approximate surface area is 142 Å². The Kier molecular flexibility index (Phi) is 10.7. The Hall–Kier alpha value is -1.24. The van der Waals surface area contributed by atoms with Crippen LogP contribution in [-0.2, 0) is 22.2 Å². The molecule has 0 bridgehead atoms. The van der Waals surface area contributed by atoms with Crippen molar-refractivity contribution in [2.24, 2.45) is 0 Å². The van der Waals surface area contributed by atoms with Gasteiger partial charge in [0, 0.05) is 0 Å². The third kappa shape index (κ3) is 5.51. The SMILES string of the molecule is O=P#CC[n+]1ccncc1-c1cncc[n+]1CC#P=O.[Cl-].[Cl-]. The second-order valence-electron chi connectivity index (χ2n) is 3.68. The topological polar surface area (TPSA) is 67.7 Å². The molecular weight excluding hydrogens is 365 g/mol. The number of halogens is 2. The molecule has 114 valence electrons. The second kappa shape index (κ2) is 11.3. The van der Waals surface area contributed by atoms with Gasteiger partial charge in [0.2, 0.25) is 0 Å². The molecule has 2 aromatic rings. The van der Waals surface area contributed by atoms with Crippen LogP contribution in [0, 0.1) is 11.3 Å². The van der Waals surface area contributed by atoms with E-state index in [4.69, 9.17) is 0 Å². The van der Waals surface area contributed by atoms with Gasteiger partial charge >= 0.3 is 117 Å². The Morgan fingerprint density at radius 2 is 1.27 bits per heavy atom. The van der Waals surface area contributed by atoms with Crippen LogP contribution >= 0.6 is 15.8 Å². The molecule has 0 N–H and O–H groups in total. The number of nitrogens with zero attached hydrogens (tertiary/aromatic N) is 4. The minimum atomic E-state index is -0.142. The van der Waals surface area contributed by atoms with Crippen LogP contribution in [0.3, 0.4) is 0 Å². The minimum Gasteiger partial charge on any atom is -1.00 e. The predicted octanol–water partition coefficient (Wildman–Crippen LogP) is -4.77. The summed E-state index contributed by atoms with van der Waals surface area (Å²) in [5, 5.41) is 0. The van der Waals surface area contributed by atoms with Crippen molar-refractivity contribution in [1.82, 2.24) is 9.97 Å². The molecule has 0 saturated carbocycles. The van der Waals surface area contributed by atoms with Gasteiger partial charge in [-0.05, 0) is 0 Å². The van der Waals surface area contributed by atoms with Gasteiger partial charge in [-0.3, -0.25) is 0 Å². The van der Waals surface area contributed by atoms with Gasteiger partial charge in [0.25, 0.3) is 0 Å². The molecule has 2 aromatic heterocycles. The summed E-state index contributed by atoms with van der Waals surface area (Å²) in [6.45, 7) is 0.732. The van der Waals surface area contributed by atoms with Gasteiger partial charge in [0.15, 0.2) is 0 Å². The van der Waals surface area contributed by atoms with E-state index in [9.17, 15) is 9.13 Å². The zero-order valence-electron chi connectivity index (χ0n) is 11.1. The van der Waals surface area contributed by atoms with Gasteiger partial charge in [-0.2, -0.15) is 0 Å². The van der Waals surface area contributed by atoms with Gasteiger partial charge in [-0.1, -0.05) is 0 Å². The molecule has 10 heteroatoms. The zero-order valence-corrected chi connectivity index (χ0v) is 14.4. The molecular formula is C12H10Cl2N4O2P2. The molecule has 0 spiro atoms. The molecule has 0 atom stereocenters. The first-order chi connectivity index (χ1) is 9.86. The van der Waals surface area contributed by atoms with Gasteiger partial charge < -0.3 is 24.8 Å². The Bertz CT molecular complexity index is 768. The fraction of sp³-hybridized carbons (Fsp3) is 0.167. The molecule has 0 saturated heterocycles. The third-order valence-electron chi connectivity index (χ3n) is 2.55. The first-order valence-corrected chi connectivity index (χ1v) is 7.27. The summed E-state index contributed by atoms with van der Waals surface area (Å²) >= 11 is 0. The van der Waals surface area contributed by atoms with E-state index in [1.165, 1.54) is 0 Å². The van der Waals surface area contributed by atoms with Gasteiger partial charge in [0.1, 0.15) is 0 Å². The predicted molar refractivity (Wildman–Crippen MR) is 70.8 cm³/mol. The van der Waals surface area contributed by atoms with Crippen LogP contribution < -0.4 is 33.9 Å². The van der Waals surface area contributed by atoms with Crippen molar-refractivity contribution in [2.45, 2.75) is 13.1 Å². The van der Waals surface area contributed by atoms with Crippen molar-refractivity contribution in [3.8, 4) is 22.6 Å². The van der Waals surface area contributed by atoms with Crippen molar-refractivity contribution in [2.75, 3.05) is 0 Å². The second-order valence-corrected chi connectivity index (χ2v) is 4.68. The van der Waals surface area contributed by atoms with E-state index in [1.807, 2.05) is 9.13 Å². The smallest absolute Gasteiger partial charge is 1.00 e. The van der Waals surface area contributed by atoms with Crippen LogP contribution in [0.5, 0.6) is 0 Å². The molecule has 0 fully saturated rings. The monoisotopic (exact) mass is 374 g/mol. The standard InChI is InChI=1S/C12H10N4O2P2.2ClH/c17-19-7-5-15-3-1-13-9-11(15)12-10-14-2-4-16(12)6-8-20-18;;/h1-4,9-10H,5-6H2;2*1H/q+2;;/p-2. The van der Waals surface area contributed by atoms with E-state index in [1.54, 1.807) is 37.2 Å². The molecule has 0 aliphatic heterocycles. The number of rotatable bonds is 3. The summed E-state index contributed by atoms with van der Waals surface area (Å²) in [7, 11) is -0.284. The van der Waals surface area contributed by atoms with Crippen molar-refractivity contribution in [3.63, 3.8) is 0 Å². The van der Waals surface area contributed by atoms with Crippen LogP contribution in [0.25, 0.3) is 11.4 Å². The van der Waals surface area contributed by atoms with Crippen molar-refractivity contribution >= 4 is 15.8 Å². The van der Waals surface area contributed by atoms with Crippen molar-refractivity contribution in [3.05, 3.63) is 37.2 Å². The maximum absolute atomic E-state index is 10.5. The number of aromatic nitrogens is 4. The van der Waals surface area contributed by atoms with E-state index >= 15 is 0 Å². The van der Waals surface area contributed by atoms with E-state index in [0.29, 0.717) is 13.1 Å². The number of hydrogen-bond acceptors (Lipinski definition) is 4. The fourth-order valence-corrected chi connectivity index (χ4v) is 2.11. The molecule has 0 aromatic carbocycles. The van der Waals surface area contributed by atoms with E-state index < -0.39 is 0 Å². The first-order valence-electron chi connectivity index (χ1n) is 5.64. The third-order valence-corrected chi connectivity index (χ3v) is 3.09. The molecule has 2 rings (SSSR count). The normalized spacial score (nSPS) is 8.55. The Balaban J connectivity index is 0.00000220. The number of hydrogen-bond donors (Lipinski definition) is 0. The summed E-state index contributed by atoms with van der Waals surface area (Å²) in [4.78, 5) is 8.19. The molecule has 22 heavy (non-hydrogen) atoms. The minimum absolute atomic E-state index is 0. The summed E-state index contributed by atoms with van der Waals surface area (Å²) in [5.41, 5.74) is 6.97. The first kappa shape index (κ1) is 20.8. The molecule has 0 radical (unpaired) electrons. The summed E-state index contributed by atoms with van der Waals surface area (Å²) in [6.07, 6.45) is 10.2. The van der Waals surface area contributed by atoms with E-state index in [0.717, 1.165) is 11.4 Å². The van der Waals surface area contributed by atoms with Crippen molar-refractivity contribution < 1.29 is 43.1 Å². The molecule has 0 aliphatic rings. The van der Waals surface area contributed by atoms with E-state index in [2.05, 4.69) is 21.2 Å². The average molecular weight is 375 g/mol. The molecule has 0 amide bonds. The quantitative estimate of drug-likeness (QED) is 0.399. The molecule has 2 heterocycles. The van der Waals surface area contributed by atoms with Crippen LogP contribution in [0.2, 0.25) is 0 Å². The summed E-state index contributed by atoms with van der Waals surface area (Å²) in [6, 6.07) is 0. The summed E-state index contributed by atoms with van der Waals surface area (Å²) < 4.78 is 24.8. The summed E-state index contributed by atoms with van der Waals surface area (Å²) in [5.74, 6) is 0. The maximum atomic E-state index is 10.5. The van der Waals surface area contributed by atoms with Gasteiger partial charge in [-0.15, -0.1) is 0 Å². The van der Waals surface area contributed by atoms with Crippen LogP contribution in [0.4, 0.5) is 0 Å².